The Bertz CT molecular complexity index is 1020. The number of rotatable bonds is 4. The van der Waals surface area contributed by atoms with Crippen molar-refractivity contribution in [2.45, 2.75) is 62.1 Å². The van der Waals surface area contributed by atoms with Crippen LogP contribution < -0.4 is 10.2 Å². The molecule has 1 spiro atoms. The minimum absolute atomic E-state index is 0.201. The third kappa shape index (κ3) is 5.48. The number of carboxylic acid groups (broad SMARTS) is 1. The predicted molar refractivity (Wildman–Crippen MR) is 118 cm³/mol. The molecule has 1 aromatic heterocycles. The maximum absolute atomic E-state index is 12.4. The lowest BCUT2D eigenvalue weighted by Gasteiger charge is -2.40. The molecule has 7 nitrogen and oxygen atoms in total. The summed E-state index contributed by atoms with van der Waals surface area (Å²) in [5.74, 6) is -1.35. The molecular formula is C24H27F3N4O3. The third-order valence-electron chi connectivity index (χ3n) is 6.78. The Morgan fingerprint density at radius 3 is 2.29 bits per heavy atom. The van der Waals surface area contributed by atoms with Gasteiger partial charge in [0.15, 0.2) is 0 Å². The number of piperidine rings is 1. The zero-order valence-electron chi connectivity index (χ0n) is 18.6. The van der Waals surface area contributed by atoms with Crippen LogP contribution in [0.15, 0.2) is 42.7 Å². The number of nitrogens with zero attached hydrogens (tertiary/aromatic N) is 3. The largest absolute Gasteiger partial charge is 0.490 e. The van der Waals surface area contributed by atoms with Gasteiger partial charge in [0.2, 0.25) is 11.9 Å². The molecule has 0 bridgehead atoms. The van der Waals surface area contributed by atoms with Crippen molar-refractivity contribution in [2.75, 3.05) is 18.0 Å². The maximum Gasteiger partial charge on any atom is 0.490 e. The average Bonchev–Trinajstić information content (AvgIpc) is 3.58. The van der Waals surface area contributed by atoms with Crippen LogP contribution in [-0.2, 0) is 15.0 Å². The van der Waals surface area contributed by atoms with Gasteiger partial charge >= 0.3 is 12.1 Å². The van der Waals surface area contributed by atoms with Crippen molar-refractivity contribution in [1.29, 1.82) is 0 Å². The van der Waals surface area contributed by atoms with E-state index in [1.54, 1.807) is 0 Å². The number of benzene rings is 1. The second-order valence-corrected chi connectivity index (χ2v) is 9.15. The number of alkyl halides is 3. The molecule has 1 unspecified atom stereocenters. The highest BCUT2D eigenvalue weighted by Gasteiger charge is 2.46. The monoisotopic (exact) mass is 476 g/mol. The van der Waals surface area contributed by atoms with E-state index in [0.717, 1.165) is 51.1 Å². The third-order valence-corrected chi connectivity index (χ3v) is 6.78. The van der Waals surface area contributed by atoms with Crippen LogP contribution in [0.3, 0.4) is 0 Å². The minimum atomic E-state index is -5.08. The first-order valence-corrected chi connectivity index (χ1v) is 11.4. The SMILES string of the molecule is O=C(CC1CC2(CCN(c3ncccn3)CC2)c2ccccc21)NC1CC1.O=C(O)C(F)(F)F. The second-order valence-electron chi connectivity index (χ2n) is 9.15. The van der Waals surface area contributed by atoms with E-state index in [1.165, 1.54) is 11.1 Å². The van der Waals surface area contributed by atoms with Crippen molar-refractivity contribution in [3.8, 4) is 0 Å². The normalized spacial score (nSPS) is 20.8. The van der Waals surface area contributed by atoms with Gasteiger partial charge in [0.25, 0.3) is 0 Å². The molecule has 34 heavy (non-hydrogen) atoms. The first-order chi connectivity index (χ1) is 16.2. The van der Waals surface area contributed by atoms with Crippen LogP contribution in [0, 0.1) is 0 Å². The summed E-state index contributed by atoms with van der Waals surface area (Å²) in [5, 5.41) is 10.3. The summed E-state index contributed by atoms with van der Waals surface area (Å²) in [4.78, 5) is 32.4. The zero-order chi connectivity index (χ0) is 24.3. The lowest BCUT2D eigenvalue weighted by molar-refractivity contribution is -0.192. The molecular weight excluding hydrogens is 449 g/mol. The first-order valence-electron chi connectivity index (χ1n) is 11.4. The Morgan fingerprint density at radius 1 is 1.09 bits per heavy atom. The van der Waals surface area contributed by atoms with Crippen LogP contribution in [0.2, 0.25) is 0 Å². The molecule has 1 saturated heterocycles. The van der Waals surface area contributed by atoms with Crippen molar-refractivity contribution < 1.29 is 27.9 Å². The second kappa shape index (κ2) is 9.60. The number of carbonyl (C=O) groups excluding carboxylic acids is 1. The minimum Gasteiger partial charge on any atom is -0.475 e. The van der Waals surface area contributed by atoms with E-state index < -0.39 is 12.1 Å². The van der Waals surface area contributed by atoms with Gasteiger partial charge in [-0.15, -0.1) is 0 Å². The highest BCUT2D eigenvalue weighted by atomic mass is 19.4. The molecule has 1 aliphatic heterocycles. The molecule has 2 aromatic rings. The molecule has 2 fully saturated rings. The molecule has 1 atom stereocenters. The smallest absolute Gasteiger partial charge is 0.475 e. The van der Waals surface area contributed by atoms with Gasteiger partial charge in [-0.1, -0.05) is 24.3 Å². The van der Waals surface area contributed by atoms with E-state index in [1.807, 2.05) is 18.5 Å². The fraction of sp³-hybridized carbons (Fsp3) is 0.500. The highest BCUT2D eigenvalue weighted by Crippen LogP contribution is 2.52. The summed E-state index contributed by atoms with van der Waals surface area (Å²) in [6, 6.07) is 11.1. The van der Waals surface area contributed by atoms with Crippen LogP contribution >= 0.6 is 0 Å². The molecule has 1 saturated carbocycles. The quantitative estimate of drug-likeness (QED) is 0.697. The summed E-state index contributed by atoms with van der Waals surface area (Å²) >= 11 is 0. The Labute approximate surface area is 195 Å². The molecule has 0 radical (unpaired) electrons. The predicted octanol–water partition coefficient (Wildman–Crippen LogP) is 3.80. The fourth-order valence-corrected chi connectivity index (χ4v) is 5.01. The summed E-state index contributed by atoms with van der Waals surface area (Å²) in [6.07, 6.45) is 4.75. The molecule has 2 aliphatic carbocycles. The number of aliphatic carboxylic acids is 1. The lowest BCUT2D eigenvalue weighted by Crippen LogP contribution is -2.42. The van der Waals surface area contributed by atoms with E-state index >= 15 is 0 Å². The Balaban J connectivity index is 0.000000344. The standard InChI is InChI=1S/C22H26N4O.C2HF3O2/c27-20(25-17-6-7-17)14-16-15-22(19-5-2-1-4-18(16)19)8-12-26(13-9-22)21-23-10-3-11-24-21;3-2(4,5)1(6)7/h1-5,10-11,16-17H,6-9,12-15H2,(H,25,27);(H,6,7). The van der Waals surface area contributed by atoms with Crippen LogP contribution in [0.25, 0.3) is 0 Å². The molecule has 3 aliphatic rings. The summed E-state index contributed by atoms with van der Waals surface area (Å²) < 4.78 is 31.7. The molecule has 2 heterocycles. The van der Waals surface area contributed by atoms with Crippen LogP contribution in [0.1, 0.15) is 55.6 Å². The molecule has 10 heteroatoms. The van der Waals surface area contributed by atoms with E-state index in [9.17, 15) is 18.0 Å². The van der Waals surface area contributed by atoms with E-state index in [0.29, 0.717) is 18.4 Å². The number of hydrogen-bond donors (Lipinski definition) is 2. The van der Waals surface area contributed by atoms with Crippen molar-refractivity contribution in [2.24, 2.45) is 0 Å². The van der Waals surface area contributed by atoms with Gasteiger partial charge in [0.05, 0.1) is 0 Å². The van der Waals surface area contributed by atoms with Gasteiger partial charge in [-0.05, 0) is 60.6 Å². The highest BCUT2D eigenvalue weighted by molar-refractivity contribution is 5.78. The molecule has 182 valence electrons. The number of nitrogens with one attached hydrogen (secondary N) is 1. The fourth-order valence-electron chi connectivity index (χ4n) is 5.01. The van der Waals surface area contributed by atoms with Gasteiger partial charge in [-0.25, -0.2) is 14.8 Å². The Morgan fingerprint density at radius 2 is 1.71 bits per heavy atom. The lowest BCUT2D eigenvalue weighted by atomic mass is 9.73. The first kappa shape index (κ1) is 24.0. The Kier molecular flexibility index (Phi) is 6.77. The van der Waals surface area contributed by atoms with Crippen molar-refractivity contribution >= 4 is 17.8 Å². The number of aromatic nitrogens is 2. The molecule has 1 amide bonds. The topological polar surface area (TPSA) is 95.4 Å². The maximum atomic E-state index is 12.4. The number of carboxylic acids is 1. The van der Waals surface area contributed by atoms with Crippen molar-refractivity contribution in [1.82, 2.24) is 15.3 Å². The van der Waals surface area contributed by atoms with Crippen LogP contribution in [0.5, 0.6) is 0 Å². The van der Waals surface area contributed by atoms with Crippen LogP contribution in [-0.4, -0.2) is 52.3 Å². The molecule has 5 rings (SSSR count). The zero-order valence-corrected chi connectivity index (χ0v) is 18.6. The van der Waals surface area contributed by atoms with E-state index in [-0.39, 0.29) is 11.3 Å². The van der Waals surface area contributed by atoms with Crippen molar-refractivity contribution in [3.63, 3.8) is 0 Å². The van der Waals surface area contributed by atoms with E-state index in [4.69, 9.17) is 9.90 Å². The number of carbonyl (C=O) groups is 2. The molecule has 2 N–H and O–H groups in total. The van der Waals surface area contributed by atoms with E-state index in [2.05, 4.69) is 44.5 Å². The van der Waals surface area contributed by atoms with Gasteiger partial charge in [0.1, 0.15) is 0 Å². The molecule has 1 aromatic carbocycles. The van der Waals surface area contributed by atoms with Gasteiger partial charge in [0, 0.05) is 37.9 Å². The van der Waals surface area contributed by atoms with Crippen molar-refractivity contribution in [3.05, 3.63) is 53.9 Å². The number of anilines is 1. The van der Waals surface area contributed by atoms with Gasteiger partial charge in [-0.3, -0.25) is 4.79 Å². The number of amides is 1. The number of fused-ring (bicyclic) bond motifs is 2. The van der Waals surface area contributed by atoms with Gasteiger partial charge in [-0.2, -0.15) is 13.2 Å². The summed E-state index contributed by atoms with van der Waals surface area (Å²) in [7, 11) is 0. The Hall–Kier alpha value is -3.17. The summed E-state index contributed by atoms with van der Waals surface area (Å²) in [6.45, 7) is 1.94. The van der Waals surface area contributed by atoms with Gasteiger partial charge < -0.3 is 15.3 Å². The average molecular weight is 476 g/mol. The number of hydrogen-bond acceptors (Lipinski definition) is 5. The summed E-state index contributed by atoms with van der Waals surface area (Å²) in [5.41, 5.74) is 3.07. The van der Waals surface area contributed by atoms with Crippen LogP contribution in [0.4, 0.5) is 19.1 Å². The number of halogens is 3.